The van der Waals surface area contributed by atoms with E-state index < -0.39 is 0 Å². The fourth-order valence-electron chi connectivity index (χ4n) is 2.40. The summed E-state index contributed by atoms with van der Waals surface area (Å²) < 4.78 is 5.92. The van der Waals surface area contributed by atoms with E-state index in [1.54, 1.807) is 0 Å². The molecule has 1 aromatic carbocycles. The predicted octanol–water partition coefficient (Wildman–Crippen LogP) is 4.00. The highest BCUT2D eigenvalue weighted by molar-refractivity contribution is 8.03. The van der Waals surface area contributed by atoms with Gasteiger partial charge in [-0.3, -0.25) is 0 Å². The van der Waals surface area contributed by atoms with Crippen LogP contribution in [0.25, 0.3) is 0 Å². The summed E-state index contributed by atoms with van der Waals surface area (Å²) >= 11 is 1.90. The van der Waals surface area contributed by atoms with Gasteiger partial charge in [0.25, 0.3) is 0 Å². The summed E-state index contributed by atoms with van der Waals surface area (Å²) in [6.07, 6.45) is 8.07. The maximum absolute atomic E-state index is 5.92. The van der Waals surface area contributed by atoms with Crippen molar-refractivity contribution in [2.45, 2.75) is 42.8 Å². The molecule has 1 aromatic rings. The van der Waals surface area contributed by atoms with Crippen LogP contribution in [0.15, 0.2) is 46.2 Å². The van der Waals surface area contributed by atoms with Crippen LogP contribution in [0.3, 0.4) is 0 Å². The van der Waals surface area contributed by atoms with Crippen LogP contribution in [-0.2, 0) is 4.74 Å². The van der Waals surface area contributed by atoms with E-state index in [1.165, 1.54) is 22.6 Å². The Morgan fingerprint density at radius 2 is 1.88 bits per heavy atom. The number of benzene rings is 1. The standard InChI is InChI=1S/C14H16OS/c1-2-4-13(5-3-1)16-14-9-8-11-6-7-12(10-14)15-11/h1-5,9,11-12H,6-8,10H2. The highest BCUT2D eigenvalue weighted by Crippen LogP contribution is 2.37. The monoisotopic (exact) mass is 232 g/mol. The van der Waals surface area contributed by atoms with Crippen molar-refractivity contribution in [2.24, 2.45) is 0 Å². The van der Waals surface area contributed by atoms with E-state index in [1.807, 2.05) is 11.8 Å². The molecule has 0 aromatic heterocycles. The molecule has 0 radical (unpaired) electrons. The average Bonchev–Trinajstić information content (AvgIpc) is 2.64. The van der Waals surface area contributed by atoms with E-state index in [9.17, 15) is 0 Å². The van der Waals surface area contributed by atoms with E-state index in [0.717, 1.165) is 12.8 Å². The number of thioether (sulfide) groups is 1. The van der Waals surface area contributed by atoms with Gasteiger partial charge in [-0.1, -0.05) is 36.0 Å². The summed E-state index contributed by atoms with van der Waals surface area (Å²) in [4.78, 5) is 2.82. The second-order valence-electron chi connectivity index (χ2n) is 4.48. The molecule has 0 amide bonds. The van der Waals surface area contributed by atoms with Gasteiger partial charge < -0.3 is 4.74 Å². The lowest BCUT2D eigenvalue weighted by Crippen LogP contribution is -2.07. The summed E-state index contributed by atoms with van der Waals surface area (Å²) in [5, 5.41) is 0. The van der Waals surface area contributed by atoms with Crippen LogP contribution in [0, 0.1) is 0 Å². The minimum atomic E-state index is 0.481. The molecule has 0 saturated carbocycles. The number of rotatable bonds is 2. The first-order valence-electron chi connectivity index (χ1n) is 5.97. The molecule has 3 rings (SSSR count). The van der Waals surface area contributed by atoms with E-state index >= 15 is 0 Å². The normalized spacial score (nSPS) is 28.6. The van der Waals surface area contributed by atoms with Crippen molar-refractivity contribution in [3.05, 3.63) is 41.3 Å². The van der Waals surface area contributed by atoms with Gasteiger partial charge in [0.2, 0.25) is 0 Å². The zero-order chi connectivity index (χ0) is 10.8. The molecule has 16 heavy (non-hydrogen) atoms. The van der Waals surface area contributed by atoms with E-state index in [4.69, 9.17) is 4.74 Å². The zero-order valence-corrected chi connectivity index (χ0v) is 10.1. The third-order valence-electron chi connectivity index (χ3n) is 3.22. The highest BCUT2D eigenvalue weighted by atomic mass is 32.2. The number of hydrogen-bond acceptors (Lipinski definition) is 2. The molecule has 0 aliphatic carbocycles. The SMILES string of the molecule is C1=C(Sc2ccccc2)CC2CCC(C1)O2. The van der Waals surface area contributed by atoms with Crippen molar-refractivity contribution < 1.29 is 4.74 Å². The Balaban J connectivity index is 1.71. The molecule has 1 nitrogen and oxygen atoms in total. The quantitative estimate of drug-likeness (QED) is 0.762. The highest BCUT2D eigenvalue weighted by Gasteiger charge is 2.28. The van der Waals surface area contributed by atoms with Gasteiger partial charge in [0.05, 0.1) is 12.2 Å². The Morgan fingerprint density at radius 1 is 1.06 bits per heavy atom. The summed E-state index contributed by atoms with van der Waals surface area (Å²) in [5.41, 5.74) is 0. The minimum absolute atomic E-state index is 0.481. The van der Waals surface area contributed by atoms with Crippen molar-refractivity contribution in [3.8, 4) is 0 Å². The molecular weight excluding hydrogens is 216 g/mol. The summed E-state index contributed by atoms with van der Waals surface area (Å²) in [6, 6.07) is 10.6. The van der Waals surface area contributed by atoms with Crippen molar-refractivity contribution in [3.63, 3.8) is 0 Å². The maximum atomic E-state index is 5.92. The zero-order valence-electron chi connectivity index (χ0n) is 9.26. The van der Waals surface area contributed by atoms with Crippen molar-refractivity contribution in [2.75, 3.05) is 0 Å². The molecule has 2 unspecified atom stereocenters. The van der Waals surface area contributed by atoms with Gasteiger partial charge in [-0.05, 0) is 36.3 Å². The Hall–Kier alpha value is -0.730. The molecule has 2 aliphatic heterocycles. The third-order valence-corrected chi connectivity index (χ3v) is 4.33. The maximum Gasteiger partial charge on any atom is 0.0625 e. The van der Waals surface area contributed by atoms with Crippen molar-refractivity contribution >= 4 is 11.8 Å². The molecular formula is C14H16OS. The smallest absolute Gasteiger partial charge is 0.0625 e. The Kier molecular flexibility index (Phi) is 3.02. The Morgan fingerprint density at radius 3 is 2.75 bits per heavy atom. The first-order chi connectivity index (χ1) is 7.90. The second-order valence-corrected chi connectivity index (χ2v) is 5.68. The molecule has 2 heteroatoms. The van der Waals surface area contributed by atoms with Gasteiger partial charge >= 0.3 is 0 Å². The third kappa shape index (κ3) is 2.33. The largest absolute Gasteiger partial charge is 0.374 e. The van der Waals surface area contributed by atoms with Crippen molar-refractivity contribution in [1.29, 1.82) is 0 Å². The molecule has 2 bridgehead atoms. The molecule has 2 heterocycles. The van der Waals surface area contributed by atoms with Crippen LogP contribution >= 0.6 is 11.8 Å². The topological polar surface area (TPSA) is 9.23 Å². The molecule has 84 valence electrons. The van der Waals surface area contributed by atoms with Gasteiger partial charge in [0.1, 0.15) is 0 Å². The van der Waals surface area contributed by atoms with E-state index in [0.29, 0.717) is 12.2 Å². The fourth-order valence-corrected chi connectivity index (χ4v) is 3.44. The van der Waals surface area contributed by atoms with Crippen LogP contribution in [0.4, 0.5) is 0 Å². The fraction of sp³-hybridized carbons (Fsp3) is 0.429. The van der Waals surface area contributed by atoms with E-state index in [-0.39, 0.29) is 0 Å². The van der Waals surface area contributed by atoms with Gasteiger partial charge in [-0.25, -0.2) is 0 Å². The minimum Gasteiger partial charge on any atom is -0.374 e. The lowest BCUT2D eigenvalue weighted by atomic mass is 10.1. The van der Waals surface area contributed by atoms with E-state index in [2.05, 4.69) is 36.4 Å². The van der Waals surface area contributed by atoms with Crippen molar-refractivity contribution in [1.82, 2.24) is 0 Å². The summed E-state index contributed by atoms with van der Waals surface area (Å²) in [6.45, 7) is 0. The van der Waals surface area contributed by atoms with Crippen LogP contribution < -0.4 is 0 Å². The number of fused-ring (bicyclic) bond motifs is 2. The van der Waals surface area contributed by atoms with Gasteiger partial charge in [-0.2, -0.15) is 0 Å². The van der Waals surface area contributed by atoms with Crippen LogP contribution in [-0.4, -0.2) is 12.2 Å². The molecule has 0 N–H and O–H groups in total. The van der Waals surface area contributed by atoms with Gasteiger partial charge in [0.15, 0.2) is 0 Å². The number of ether oxygens (including phenoxy) is 1. The first kappa shape index (κ1) is 10.4. The Bertz CT molecular complexity index is 385. The van der Waals surface area contributed by atoms with Crippen LogP contribution in [0.1, 0.15) is 25.7 Å². The first-order valence-corrected chi connectivity index (χ1v) is 6.79. The van der Waals surface area contributed by atoms with Crippen LogP contribution in [0.2, 0.25) is 0 Å². The predicted molar refractivity (Wildman–Crippen MR) is 67.5 cm³/mol. The summed E-state index contributed by atoms with van der Waals surface area (Å²) in [7, 11) is 0. The number of hydrogen-bond donors (Lipinski definition) is 0. The average molecular weight is 232 g/mol. The molecule has 2 aliphatic rings. The lowest BCUT2D eigenvalue weighted by Gasteiger charge is -2.10. The van der Waals surface area contributed by atoms with Gasteiger partial charge in [0, 0.05) is 11.3 Å². The molecule has 1 saturated heterocycles. The second kappa shape index (κ2) is 4.64. The molecule has 2 atom stereocenters. The lowest BCUT2D eigenvalue weighted by molar-refractivity contribution is 0.0529. The van der Waals surface area contributed by atoms with Crippen LogP contribution in [0.5, 0.6) is 0 Å². The molecule has 1 fully saturated rings. The Labute approximate surface area is 101 Å². The van der Waals surface area contributed by atoms with Gasteiger partial charge in [-0.15, -0.1) is 0 Å². The summed E-state index contributed by atoms with van der Waals surface area (Å²) in [5.74, 6) is 0. The molecule has 0 spiro atoms.